The summed E-state index contributed by atoms with van der Waals surface area (Å²) in [6, 6.07) is 0. The van der Waals surface area contributed by atoms with Crippen LogP contribution in [0.25, 0.3) is 0 Å². The van der Waals surface area contributed by atoms with Crippen molar-refractivity contribution < 1.29 is 0 Å². The highest BCUT2D eigenvalue weighted by molar-refractivity contribution is 4.99. The molecule has 1 nitrogen and oxygen atoms in total. The van der Waals surface area contributed by atoms with Crippen molar-refractivity contribution in [2.45, 2.75) is 52.0 Å². The zero-order chi connectivity index (χ0) is 8.91. The summed E-state index contributed by atoms with van der Waals surface area (Å²) in [7, 11) is 0. The van der Waals surface area contributed by atoms with Crippen LogP contribution in [0.5, 0.6) is 0 Å². The first-order valence-corrected chi connectivity index (χ1v) is 4.47. The molecule has 0 amide bonds. The lowest BCUT2D eigenvalue weighted by Crippen LogP contribution is -2.38. The van der Waals surface area contributed by atoms with E-state index in [-0.39, 0.29) is 5.54 Å². The number of hydrogen-bond acceptors (Lipinski definition) is 1. The fraction of sp³-hybridized carbons (Fsp3) is 0.800. The molecular formula is C10H21N. The summed E-state index contributed by atoms with van der Waals surface area (Å²) in [5.74, 6) is 0. The molecule has 0 aliphatic rings. The number of nitrogens with two attached hydrogens (primary N) is 1. The second-order valence-corrected chi connectivity index (χ2v) is 3.60. The molecule has 0 fully saturated rings. The van der Waals surface area contributed by atoms with Crippen molar-refractivity contribution in [1.82, 2.24) is 0 Å². The maximum atomic E-state index is 6.15. The summed E-state index contributed by atoms with van der Waals surface area (Å²) >= 11 is 0. The molecular weight excluding hydrogens is 134 g/mol. The third-order valence-corrected chi connectivity index (χ3v) is 2.11. The molecule has 0 aliphatic heterocycles. The maximum Gasteiger partial charge on any atom is 0.0188 e. The predicted molar refractivity (Wildman–Crippen MR) is 51.5 cm³/mol. The van der Waals surface area contributed by atoms with E-state index in [0.717, 1.165) is 25.7 Å². The van der Waals surface area contributed by atoms with E-state index in [1.54, 1.807) is 0 Å². The Balaban J connectivity index is 3.98. The Hall–Kier alpha value is -0.300. The first-order chi connectivity index (χ1) is 5.04. The lowest BCUT2D eigenvalue weighted by Gasteiger charge is -2.27. The molecule has 0 bridgehead atoms. The Morgan fingerprint density at radius 3 is 2.27 bits per heavy atom. The minimum absolute atomic E-state index is 0.0145. The lowest BCUT2D eigenvalue weighted by atomic mass is 9.86. The summed E-state index contributed by atoms with van der Waals surface area (Å²) in [4.78, 5) is 0. The zero-order valence-electron chi connectivity index (χ0n) is 8.11. The van der Waals surface area contributed by atoms with Gasteiger partial charge in [-0.1, -0.05) is 25.8 Å². The first kappa shape index (κ1) is 10.7. The van der Waals surface area contributed by atoms with Gasteiger partial charge in [0.1, 0.15) is 0 Å². The van der Waals surface area contributed by atoms with Gasteiger partial charge in [-0.25, -0.2) is 0 Å². The van der Waals surface area contributed by atoms with Gasteiger partial charge in [-0.05, 0) is 26.2 Å². The quantitative estimate of drug-likeness (QED) is 0.607. The molecule has 0 saturated heterocycles. The van der Waals surface area contributed by atoms with Gasteiger partial charge in [-0.2, -0.15) is 0 Å². The van der Waals surface area contributed by atoms with Crippen LogP contribution in [0.3, 0.4) is 0 Å². The van der Waals surface area contributed by atoms with E-state index in [1.807, 2.05) is 6.92 Å². The van der Waals surface area contributed by atoms with Crippen LogP contribution in [-0.2, 0) is 0 Å². The molecule has 0 aromatic heterocycles. The highest BCUT2D eigenvalue weighted by Gasteiger charge is 2.20. The molecule has 0 radical (unpaired) electrons. The van der Waals surface area contributed by atoms with Gasteiger partial charge in [0.15, 0.2) is 0 Å². The van der Waals surface area contributed by atoms with Crippen molar-refractivity contribution in [2.24, 2.45) is 5.73 Å². The largest absolute Gasteiger partial charge is 0.325 e. The fourth-order valence-electron chi connectivity index (χ4n) is 1.49. The van der Waals surface area contributed by atoms with Crippen molar-refractivity contribution in [3.63, 3.8) is 0 Å². The van der Waals surface area contributed by atoms with Gasteiger partial charge < -0.3 is 5.73 Å². The Morgan fingerprint density at radius 1 is 1.45 bits per heavy atom. The van der Waals surface area contributed by atoms with E-state index < -0.39 is 0 Å². The van der Waals surface area contributed by atoms with Crippen molar-refractivity contribution in [2.75, 3.05) is 0 Å². The van der Waals surface area contributed by atoms with E-state index in [4.69, 9.17) is 5.73 Å². The second kappa shape index (κ2) is 4.55. The molecule has 1 heteroatoms. The zero-order valence-corrected chi connectivity index (χ0v) is 8.11. The van der Waals surface area contributed by atoms with Crippen LogP contribution in [0.1, 0.15) is 46.5 Å². The van der Waals surface area contributed by atoms with E-state index in [1.165, 1.54) is 5.57 Å². The van der Waals surface area contributed by atoms with Crippen LogP contribution in [0.4, 0.5) is 0 Å². The third-order valence-electron chi connectivity index (χ3n) is 2.11. The molecule has 0 aromatic carbocycles. The topological polar surface area (TPSA) is 26.0 Å². The average molecular weight is 155 g/mol. The van der Waals surface area contributed by atoms with Crippen LogP contribution >= 0.6 is 0 Å². The van der Waals surface area contributed by atoms with Gasteiger partial charge >= 0.3 is 0 Å². The summed E-state index contributed by atoms with van der Waals surface area (Å²) < 4.78 is 0. The van der Waals surface area contributed by atoms with Crippen LogP contribution in [0.15, 0.2) is 12.2 Å². The van der Waals surface area contributed by atoms with Crippen molar-refractivity contribution in [3.05, 3.63) is 12.2 Å². The Morgan fingerprint density at radius 2 is 2.00 bits per heavy atom. The molecule has 0 aromatic rings. The third kappa shape index (κ3) is 4.20. The van der Waals surface area contributed by atoms with Gasteiger partial charge in [0.05, 0.1) is 0 Å². The van der Waals surface area contributed by atoms with E-state index in [0.29, 0.717) is 0 Å². The van der Waals surface area contributed by atoms with Gasteiger partial charge in [0.2, 0.25) is 0 Å². The van der Waals surface area contributed by atoms with Crippen LogP contribution in [0, 0.1) is 0 Å². The Kier molecular flexibility index (Phi) is 4.43. The summed E-state index contributed by atoms with van der Waals surface area (Å²) in [6.45, 7) is 10.3. The Labute approximate surface area is 70.7 Å². The predicted octanol–water partition coefficient (Wildman–Crippen LogP) is 2.86. The number of hydrogen-bond donors (Lipinski definition) is 1. The van der Waals surface area contributed by atoms with Crippen LogP contribution in [0.2, 0.25) is 0 Å². The highest BCUT2D eigenvalue weighted by Crippen LogP contribution is 2.21. The molecule has 1 atom stereocenters. The van der Waals surface area contributed by atoms with Gasteiger partial charge in [-0.3, -0.25) is 0 Å². The van der Waals surface area contributed by atoms with Gasteiger partial charge in [-0.15, -0.1) is 6.58 Å². The normalized spacial score (nSPS) is 16.0. The minimum atomic E-state index is 0.0145. The van der Waals surface area contributed by atoms with Crippen molar-refractivity contribution in [1.29, 1.82) is 0 Å². The Bertz CT molecular complexity index is 129. The summed E-state index contributed by atoms with van der Waals surface area (Å²) in [5, 5.41) is 0. The SMILES string of the molecule is C=C(C)CC(N)(CC)CCC. The van der Waals surface area contributed by atoms with E-state index in [9.17, 15) is 0 Å². The standard InChI is InChI=1S/C10H21N/c1-5-7-10(11,6-2)8-9(3)4/h3,5-8,11H2,1-2,4H3. The molecule has 66 valence electrons. The molecule has 11 heavy (non-hydrogen) atoms. The van der Waals surface area contributed by atoms with Crippen molar-refractivity contribution in [3.8, 4) is 0 Å². The lowest BCUT2D eigenvalue weighted by molar-refractivity contribution is 0.372. The van der Waals surface area contributed by atoms with Crippen LogP contribution < -0.4 is 5.73 Å². The summed E-state index contributed by atoms with van der Waals surface area (Å²) in [6.07, 6.45) is 4.29. The van der Waals surface area contributed by atoms with E-state index in [2.05, 4.69) is 20.4 Å². The first-order valence-electron chi connectivity index (χ1n) is 4.47. The fourth-order valence-corrected chi connectivity index (χ4v) is 1.49. The second-order valence-electron chi connectivity index (χ2n) is 3.60. The molecule has 0 spiro atoms. The van der Waals surface area contributed by atoms with Crippen LogP contribution in [-0.4, -0.2) is 5.54 Å². The molecule has 0 heterocycles. The van der Waals surface area contributed by atoms with Gasteiger partial charge in [0.25, 0.3) is 0 Å². The molecule has 0 saturated carbocycles. The minimum Gasteiger partial charge on any atom is -0.325 e. The van der Waals surface area contributed by atoms with Crippen molar-refractivity contribution >= 4 is 0 Å². The highest BCUT2D eigenvalue weighted by atomic mass is 14.7. The molecule has 2 N–H and O–H groups in total. The van der Waals surface area contributed by atoms with Gasteiger partial charge in [0, 0.05) is 5.54 Å². The summed E-state index contributed by atoms with van der Waals surface area (Å²) in [5.41, 5.74) is 7.36. The average Bonchev–Trinajstić information content (AvgIpc) is 1.87. The maximum absolute atomic E-state index is 6.15. The number of rotatable bonds is 5. The monoisotopic (exact) mass is 155 g/mol. The smallest absolute Gasteiger partial charge is 0.0188 e. The molecule has 0 aliphatic carbocycles. The van der Waals surface area contributed by atoms with E-state index >= 15 is 0 Å². The molecule has 1 unspecified atom stereocenters. The molecule has 0 rings (SSSR count).